The average Bonchev–Trinajstić information content (AvgIpc) is 3.17. The Morgan fingerprint density at radius 1 is 1.30 bits per heavy atom. The molecule has 0 atom stereocenters. The van der Waals surface area contributed by atoms with Crippen LogP contribution in [0.15, 0.2) is 42.7 Å². The van der Waals surface area contributed by atoms with E-state index in [2.05, 4.69) is 24.3 Å². The molecular weight excluding hydrogens is 292 g/mol. The van der Waals surface area contributed by atoms with Gasteiger partial charge in [0, 0.05) is 25.0 Å². The molecule has 0 aliphatic carbocycles. The molecule has 0 spiro atoms. The zero-order valence-corrected chi connectivity index (χ0v) is 13.2. The van der Waals surface area contributed by atoms with Crippen LogP contribution in [0.4, 0.5) is 0 Å². The fourth-order valence-corrected chi connectivity index (χ4v) is 2.56. The third kappa shape index (κ3) is 2.85. The maximum atomic E-state index is 12.3. The predicted octanol–water partition coefficient (Wildman–Crippen LogP) is 2.11. The molecule has 6 heteroatoms. The second kappa shape index (κ2) is 6.26. The average molecular weight is 312 g/mol. The van der Waals surface area contributed by atoms with Gasteiger partial charge in [-0.3, -0.25) is 9.48 Å². The number of rotatable bonds is 5. The molecule has 120 valence electrons. The van der Waals surface area contributed by atoms with E-state index in [1.54, 1.807) is 0 Å². The van der Waals surface area contributed by atoms with E-state index >= 15 is 0 Å². The summed E-state index contributed by atoms with van der Waals surface area (Å²) in [4.78, 5) is 12.3. The molecule has 0 saturated heterocycles. The summed E-state index contributed by atoms with van der Waals surface area (Å²) in [6, 6.07) is 9.79. The van der Waals surface area contributed by atoms with Crippen LogP contribution in [0, 0.1) is 0 Å². The maximum Gasteiger partial charge on any atom is 0.253 e. The second-order valence-electron chi connectivity index (χ2n) is 5.65. The molecular formula is C17H20N4O2. The van der Waals surface area contributed by atoms with Crippen LogP contribution in [0.2, 0.25) is 0 Å². The first-order valence-electron chi connectivity index (χ1n) is 7.66. The zero-order valence-electron chi connectivity index (χ0n) is 13.2. The van der Waals surface area contributed by atoms with Crippen molar-refractivity contribution in [2.75, 3.05) is 13.2 Å². The minimum absolute atomic E-state index is 0.0802. The molecule has 1 amide bonds. The van der Waals surface area contributed by atoms with Crippen LogP contribution >= 0.6 is 0 Å². The maximum absolute atomic E-state index is 12.3. The van der Waals surface area contributed by atoms with Crippen molar-refractivity contribution in [2.45, 2.75) is 19.9 Å². The molecule has 0 bridgehead atoms. The van der Waals surface area contributed by atoms with Crippen molar-refractivity contribution in [3.8, 4) is 11.4 Å². The number of carbonyl (C=O) groups is 1. The van der Waals surface area contributed by atoms with Crippen molar-refractivity contribution >= 4 is 11.4 Å². The van der Waals surface area contributed by atoms with Gasteiger partial charge in [0.2, 0.25) is 0 Å². The Morgan fingerprint density at radius 2 is 2.13 bits per heavy atom. The van der Waals surface area contributed by atoms with Gasteiger partial charge in [0.05, 0.1) is 23.4 Å². The summed E-state index contributed by atoms with van der Waals surface area (Å²) in [7, 11) is 0. The van der Waals surface area contributed by atoms with Crippen LogP contribution in [0.25, 0.3) is 16.9 Å². The zero-order chi connectivity index (χ0) is 16.4. The molecule has 3 aromatic rings. The fourth-order valence-electron chi connectivity index (χ4n) is 2.56. The normalized spacial score (nSPS) is 11.3. The number of aliphatic hydroxyl groups excluding tert-OH is 1. The van der Waals surface area contributed by atoms with Crippen molar-refractivity contribution < 1.29 is 9.90 Å². The molecule has 3 heterocycles. The van der Waals surface area contributed by atoms with Crippen molar-refractivity contribution in [3.05, 3.63) is 48.3 Å². The minimum atomic E-state index is -0.197. The predicted molar refractivity (Wildman–Crippen MR) is 88.4 cm³/mol. The van der Waals surface area contributed by atoms with E-state index in [9.17, 15) is 4.79 Å². The Balaban J connectivity index is 2.08. The molecule has 0 aromatic carbocycles. The highest BCUT2D eigenvalue weighted by Crippen LogP contribution is 2.25. The lowest BCUT2D eigenvalue weighted by Gasteiger charge is -2.04. The first-order valence-corrected chi connectivity index (χ1v) is 7.66. The van der Waals surface area contributed by atoms with Gasteiger partial charge < -0.3 is 14.8 Å². The lowest BCUT2D eigenvalue weighted by molar-refractivity contribution is 0.0946. The molecule has 0 radical (unpaired) electrons. The molecule has 0 fully saturated rings. The quantitative estimate of drug-likeness (QED) is 0.758. The van der Waals surface area contributed by atoms with E-state index in [4.69, 9.17) is 5.11 Å². The Bertz CT molecular complexity index is 832. The van der Waals surface area contributed by atoms with Gasteiger partial charge in [-0.2, -0.15) is 5.10 Å². The summed E-state index contributed by atoms with van der Waals surface area (Å²) >= 11 is 0. The monoisotopic (exact) mass is 312 g/mol. The number of amides is 1. The summed E-state index contributed by atoms with van der Waals surface area (Å²) in [5, 5.41) is 16.2. The van der Waals surface area contributed by atoms with Crippen LogP contribution < -0.4 is 5.32 Å². The number of aromatic nitrogens is 3. The Kier molecular flexibility index (Phi) is 4.16. The largest absolute Gasteiger partial charge is 0.395 e. The third-order valence-corrected chi connectivity index (χ3v) is 3.72. The molecule has 0 unspecified atom stereocenters. The van der Waals surface area contributed by atoms with Gasteiger partial charge in [0.25, 0.3) is 5.91 Å². The summed E-state index contributed by atoms with van der Waals surface area (Å²) in [5.41, 5.74) is 3.08. The van der Waals surface area contributed by atoms with Crippen molar-refractivity contribution in [1.82, 2.24) is 19.5 Å². The molecule has 0 aliphatic heterocycles. The number of carbonyl (C=O) groups excluding carboxylic acids is 1. The molecule has 2 N–H and O–H groups in total. The summed E-state index contributed by atoms with van der Waals surface area (Å²) < 4.78 is 3.85. The van der Waals surface area contributed by atoms with Crippen LogP contribution in [0.5, 0.6) is 0 Å². The van der Waals surface area contributed by atoms with Gasteiger partial charge >= 0.3 is 0 Å². The second-order valence-corrected chi connectivity index (χ2v) is 5.65. The van der Waals surface area contributed by atoms with E-state index in [1.165, 1.54) is 0 Å². The lowest BCUT2D eigenvalue weighted by Crippen LogP contribution is -2.26. The van der Waals surface area contributed by atoms with E-state index in [1.807, 2.05) is 51.8 Å². The topological polar surface area (TPSA) is 71.6 Å². The van der Waals surface area contributed by atoms with Gasteiger partial charge in [-0.15, -0.1) is 0 Å². The fraction of sp³-hybridized carbons (Fsp3) is 0.294. The summed E-state index contributed by atoms with van der Waals surface area (Å²) in [5.74, 6) is -0.197. The number of fused-ring (bicyclic) bond motifs is 1. The summed E-state index contributed by atoms with van der Waals surface area (Å²) in [6.45, 7) is 4.30. The summed E-state index contributed by atoms with van der Waals surface area (Å²) in [6.07, 6.45) is 3.86. The van der Waals surface area contributed by atoms with Crippen LogP contribution in [-0.4, -0.2) is 38.3 Å². The first kappa shape index (κ1) is 15.3. The lowest BCUT2D eigenvalue weighted by atomic mass is 10.2. The number of hydrogen-bond acceptors (Lipinski definition) is 3. The minimum Gasteiger partial charge on any atom is -0.395 e. The van der Waals surface area contributed by atoms with E-state index in [0.29, 0.717) is 5.56 Å². The van der Waals surface area contributed by atoms with Crippen LogP contribution in [0.3, 0.4) is 0 Å². The standard InChI is InChI=1S/C17H20N4O2/c1-12(2)21-9-6-14(19-21)16-11-13(17(23)18-7-10-22)15-5-3-4-8-20(15)16/h3-6,8-9,11-12,22H,7,10H2,1-2H3,(H,18,23). The number of aliphatic hydroxyl groups is 1. The molecule has 0 saturated carbocycles. The van der Waals surface area contributed by atoms with Gasteiger partial charge in [-0.25, -0.2) is 0 Å². The molecule has 6 nitrogen and oxygen atoms in total. The number of pyridine rings is 1. The van der Waals surface area contributed by atoms with Crippen molar-refractivity contribution in [2.24, 2.45) is 0 Å². The number of nitrogens with zero attached hydrogens (tertiary/aromatic N) is 3. The highest BCUT2D eigenvalue weighted by Gasteiger charge is 2.17. The van der Waals surface area contributed by atoms with E-state index < -0.39 is 0 Å². The van der Waals surface area contributed by atoms with Crippen LogP contribution in [-0.2, 0) is 0 Å². The molecule has 23 heavy (non-hydrogen) atoms. The Labute approximate surface area is 134 Å². The smallest absolute Gasteiger partial charge is 0.253 e. The van der Waals surface area contributed by atoms with Gasteiger partial charge in [-0.05, 0) is 38.1 Å². The third-order valence-electron chi connectivity index (χ3n) is 3.72. The van der Waals surface area contributed by atoms with Crippen molar-refractivity contribution in [1.29, 1.82) is 0 Å². The van der Waals surface area contributed by atoms with Gasteiger partial charge in [-0.1, -0.05) is 6.07 Å². The highest BCUT2D eigenvalue weighted by molar-refractivity contribution is 6.02. The highest BCUT2D eigenvalue weighted by atomic mass is 16.3. The number of nitrogens with one attached hydrogen (secondary N) is 1. The van der Waals surface area contributed by atoms with Crippen LogP contribution in [0.1, 0.15) is 30.2 Å². The first-order chi connectivity index (χ1) is 11.1. The van der Waals surface area contributed by atoms with Gasteiger partial charge in [0.1, 0.15) is 5.69 Å². The van der Waals surface area contributed by atoms with E-state index in [-0.39, 0.29) is 25.1 Å². The Morgan fingerprint density at radius 3 is 2.83 bits per heavy atom. The van der Waals surface area contributed by atoms with E-state index in [0.717, 1.165) is 16.9 Å². The van der Waals surface area contributed by atoms with Gasteiger partial charge in [0.15, 0.2) is 0 Å². The molecule has 3 aromatic heterocycles. The Hall–Kier alpha value is -2.60. The SMILES string of the molecule is CC(C)n1ccc(-c2cc(C(=O)NCCO)c3ccccn23)n1. The molecule has 3 rings (SSSR count). The number of hydrogen-bond donors (Lipinski definition) is 2. The molecule has 0 aliphatic rings. The van der Waals surface area contributed by atoms with Crippen molar-refractivity contribution in [3.63, 3.8) is 0 Å².